The van der Waals surface area contributed by atoms with Gasteiger partial charge in [-0.1, -0.05) is 17.3 Å². The van der Waals surface area contributed by atoms with Crippen molar-refractivity contribution in [2.24, 2.45) is 0 Å². The first-order valence-corrected chi connectivity index (χ1v) is 9.15. The molecule has 4 rings (SSSR count). The molecule has 7 nitrogen and oxygen atoms in total. The largest absolute Gasteiger partial charge is 0.389 e. The first-order chi connectivity index (χ1) is 12.4. The molecular weight excluding hydrogens is 350 g/mol. The van der Waals surface area contributed by atoms with Crippen molar-refractivity contribution < 1.29 is 9.90 Å². The third-order valence-electron chi connectivity index (χ3n) is 4.18. The van der Waals surface area contributed by atoms with E-state index in [4.69, 9.17) is 4.98 Å². The third-order valence-corrected chi connectivity index (χ3v) is 5.20. The summed E-state index contributed by atoms with van der Waals surface area (Å²) >= 11 is 1.46. The maximum absolute atomic E-state index is 12.3. The van der Waals surface area contributed by atoms with E-state index >= 15 is 0 Å². The molecule has 1 aliphatic heterocycles. The van der Waals surface area contributed by atoms with Gasteiger partial charge in [0.1, 0.15) is 11.6 Å². The van der Waals surface area contributed by atoms with Crippen molar-refractivity contribution in [2.75, 3.05) is 11.4 Å². The molecule has 134 valence electrons. The topological polar surface area (TPSA) is 83.3 Å². The van der Waals surface area contributed by atoms with Crippen molar-refractivity contribution in [1.29, 1.82) is 0 Å². The van der Waals surface area contributed by atoms with E-state index in [-0.39, 0.29) is 12.1 Å². The van der Waals surface area contributed by atoms with Crippen molar-refractivity contribution in [3.8, 4) is 11.8 Å². The quantitative estimate of drug-likeness (QED) is 0.694. The highest BCUT2D eigenvalue weighted by Crippen LogP contribution is 2.35. The van der Waals surface area contributed by atoms with Crippen molar-refractivity contribution in [3.05, 3.63) is 18.5 Å². The molecule has 3 heterocycles. The molecule has 2 aromatic heterocycles. The minimum atomic E-state index is -0.870. The molecule has 0 aliphatic carbocycles. The number of nitrogens with one attached hydrogen (secondary N) is 1. The van der Waals surface area contributed by atoms with E-state index in [1.807, 2.05) is 16.7 Å². The number of amides is 2. The number of aromatic nitrogens is 3. The van der Waals surface area contributed by atoms with Crippen molar-refractivity contribution in [3.63, 3.8) is 0 Å². The minimum Gasteiger partial charge on any atom is -0.389 e. The van der Waals surface area contributed by atoms with Crippen LogP contribution in [-0.4, -0.2) is 43.9 Å². The van der Waals surface area contributed by atoms with Gasteiger partial charge in [-0.25, -0.2) is 14.8 Å². The monoisotopic (exact) mass is 369 g/mol. The highest BCUT2D eigenvalue weighted by molar-refractivity contribution is 7.22. The summed E-state index contributed by atoms with van der Waals surface area (Å²) in [5, 5.41) is 13.6. The molecular formula is C18H19N5O2S. The number of thiazole rings is 1. The van der Waals surface area contributed by atoms with Gasteiger partial charge in [0.15, 0.2) is 5.13 Å². The Morgan fingerprint density at radius 1 is 1.46 bits per heavy atom. The van der Waals surface area contributed by atoms with Crippen LogP contribution in [0.5, 0.6) is 0 Å². The number of imidazole rings is 1. The van der Waals surface area contributed by atoms with Gasteiger partial charge in [-0.2, -0.15) is 0 Å². The standard InChI is InChI=1S/C18H19N5O2S/c1-4-5-11-8-19-16(24)23(11)17-21-14-13(26-17)7-6-12-15(14)22(10-20-12)9-18(2,3)25/h6-7,10-11,25H,8-9H2,1-3H3,(H,19,24). The van der Waals surface area contributed by atoms with Crippen LogP contribution < -0.4 is 10.2 Å². The lowest BCUT2D eigenvalue weighted by Crippen LogP contribution is -2.33. The van der Waals surface area contributed by atoms with E-state index in [0.29, 0.717) is 18.2 Å². The van der Waals surface area contributed by atoms with Gasteiger partial charge >= 0.3 is 6.03 Å². The molecule has 3 aromatic rings. The summed E-state index contributed by atoms with van der Waals surface area (Å²) in [5.74, 6) is 5.93. The fourth-order valence-electron chi connectivity index (χ4n) is 3.18. The Morgan fingerprint density at radius 3 is 3.00 bits per heavy atom. The number of hydrogen-bond donors (Lipinski definition) is 2. The predicted molar refractivity (Wildman–Crippen MR) is 102 cm³/mol. The minimum absolute atomic E-state index is 0.182. The zero-order valence-corrected chi connectivity index (χ0v) is 15.6. The molecule has 0 bridgehead atoms. The van der Waals surface area contributed by atoms with Crippen LogP contribution in [0.4, 0.5) is 9.93 Å². The highest BCUT2D eigenvalue weighted by Gasteiger charge is 2.33. The number of aliphatic hydroxyl groups is 1. The smallest absolute Gasteiger partial charge is 0.324 e. The van der Waals surface area contributed by atoms with E-state index in [2.05, 4.69) is 22.1 Å². The number of anilines is 1. The van der Waals surface area contributed by atoms with Crippen molar-refractivity contribution in [1.82, 2.24) is 19.9 Å². The van der Waals surface area contributed by atoms with Gasteiger partial charge < -0.3 is 15.0 Å². The van der Waals surface area contributed by atoms with Crippen molar-refractivity contribution in [2.45, 2.75) is 39.0 Å². The van der Waals surface area contributed by atoms with E-state index in [1.165, 1.54) is 11.3 Å². The zero-order valence-electron chi connectivity index (χ0n) is 14.8. The lowest BCUT2D eigenvalue weighted by atomic mass is 10.1. The molecule has 1 aromatic carbocycles. The number of rotatable bonds is 3. The lowest BCUT2D eigenvalue weighted by molar-refractivity contribution is 0.0627. The normalized spacial score (nSPS) is 17.6. The van der Waals surface area contributed by atoms with E-state index < -0.39 is 5.60 Å². The van der Waals surface area contributed by atoms with Gasteiger partial charge in [0.25, 0.3) is 0 Å². The maximum atomic E-state index is 12.3. The van der Waals surface area contributed by atoms with Gasteiger partial charge in [0.2, 0.25) is 0 Å². The zero-order chi connectivity index (χ0) is 18.5. The Morgan fingerprint density at radius 2 is 2.27 bits per heavy atom. The number of carbonyl (C=O) groups is 1. The summed E-state index contributed by atoms with van der Waals surface area (Å²) in [4.78, 5) is 23.0. The summed E-state index contributed by atoms with van der Waals surface area (Å²) in [6, 6.07) is 3.51. The summed E-state index contributed by atoms with van der Waals surface area (Å²) in [6.45, 7) is 6.17. The fourth-order valence-corrected chi connectivity index (χ4v) is 4.20. The van der Waals surface area contributed by atoms with Gasteiger partial charge in [-0.3, -0.25) is 4.90 Å². The van der Waals surface area contributed by atoms with Crippen LogP contribution in [0.1, 0.15) is 20.8 Å². The lowest BCUT2D eigenvalue weighted by Gasteiger charge is -2.18. The van der Waals surface area contributed by atoms with Crippen LogP contribution in [0.15, 0.2) is 18.5 Å². The van der Waals surface area contributed by atoms with Gasteiger partial charge in [-0.15, -0.1) is 5.92 Å². The molecule has 0 spiro atoms. The molecule has 1 aliphatic rings. The SMILES string of the molecule is CC#CC1CNC(=O)N1c1nc2c(ccc3ncn(CC(C)(C)O)c32)s1. The molecule has 8 heteroatoms. The first kappa shape index (κ1) is 16.8. The molecule has 2 N–H and O–H groups in total. The van der Waals surface area contributed by atoms with E-state index in [1.54, 1.807) is 32.0 Å². The molecule has 0 saturated carbocycles. The molecule has 26 heavy (non-hydrogen) atoms. The third kappa shape index (κ3) is 2.79. The van der Waals surface area contributed by atoms with Crippen LogP contribution in [0, 0.1) is 11.8 Å². The van der Waals surface area contributed by atoms with Gasteiger partial charge in [0.05, 0.1) is 40.8 Å². The summed E-state index contributed by atoms with van der Waals surface area (Å²) < 4.78 is 2.88. The number of fused-ring (bicyclic) bond motifs is 3. The molecule has 1 atom stereocenters. The Kier molecular flexibility index (Phi) is 3.86. The average Bonchev–Trinajstić information content (AvgIpc) is 3.23. The molecule has 1 unspecified atom stereocenters. The van der Waals surface area contributed by atoms with E-state index in [9.17, 15) is 9.90 Å². The number of benzene rings is 1. The van der Waals surface area contributed by atoms with Crippen LogP contribution in [0.25, 0.3) is 21.3 Å². The molecule has 1 saturated heterocycles. The Labute approximate surface area is 154 Å². The maximum Gasteiger partial charge on any atom is 0.324 e. The average molecular weight is 369 g/mol. The van der Waals surface area contributed by atoms with Gasteiger partial charge in [-0.05, 0) is 32.9 Å². The Balaban J connectivity index is 1.86. The number of nitrogens with zero attached hydrogens (tertiary/aromatic N) is 4. The van der Waals surface area contributed by atoms with Gasteiger partial charge in [0, 0.05) is 0 Å². The van der Waals surface area contributed by atoms with E-state index in [0.717, 1.165) is 21.3 Å². The Bertz CT molecular complexity index is 1070. The molecule has 0 radical (unpaired) electrons. The predicted octanol–water partition coefficient (Wildman–Crippen LogP) is 2.34. The number of carbonyl (C=O) groups excluding carboxylic acids is 1. The second-order valence-electron chi connectivity index (χ2n) is 6.93. The summed E-state index contributed by atoms with van der Waals surface area (Å²) in [5.41, 5.74) is 1.59. The second kappa shape index (κ2) is 5.97. The van der Waals surface area contributed by atoms with Crippen LogP contribution in [-0.2, 0) is 6.54 Å². The van der Waals surface area contributed by atoms with Crippen LogP contribution in [0.3, 0.4) is 0 Å². The number of urea groups is 1. The summed E-state index contributed by atoms with van der Waals surface area (Å²) in [7, 11) is 0. The second-order valence-corrected chi connectivity index (χ2v) is 7.94. The summed E-state index contributed by atoms with van der Waals surface area (Å²) in [6.07, 6.45) is 1.72. The molecule has 2 amide bonds. The molecule has 1 fully saturated rings. The number of hydrogen-bond acceptors (Lipinski definition) is 5. The Hall–Kier alpha value is -2.63. The highest BCUT2D eigenvalue weighted by atomic mass is 32.1. The van der Waals surface area contributed by atoms with Crippen LogP contribution >= 0.6 is 11.3 Å². The van der Waals surface area contributed by atoms with Crippen molar-refractivity contribution >= 4 is 43.7 Å². The van der Waals surface area contributed by atoms with Crippen LogP contribution in [0.2, 0.25) is 0 Å². The fraction of sp³-hybridized carbons (Fsp3) is 0.389. The first-order valence-electron chi connectivity index (χ1n) is 8.33.